The van der Waals surface area contributed by atoms with Crippen molar-refractivity contribution in [1.29, 1.82) is 0 Å². The van der Waals surface area contributed by atoms with Crippen LogP contribution < -0.4 is 0 Å². The zero-order valence-corrected chi connectivity index (χ0v) is 12.6. The van der Waals surface area contributed by atoms with Crippen LogP contribution in [0.15, 0.2) is 22.6 Å². The fourth-order valence-corrected chi connectivity index (χ4v) is 2.96. The molecular weight excluding hydrogens is 266 g/mol. The van der Waals surface area contributed by atoms with Gasteiger partial charge in [0, 0.05) is 25.1 Å². The number of piperidine rings is 1. The van der Waals surface area contributed by atoms with Crippen molar-refractivity contribution in [3.8, 4) is 0 Å². The average Bonchev–Trinajstić information content (AvgIpc) is 2.89. The van der Waals surface area contributed by atoms with Crippen molar-refractivity contribution < 1.29 is 14.3 Å². The van der Waals surface area contributed by atoms with Crippen molar-refractivity contribution in [3.63, 3.8) is 0 Å². The Balaban J connectivity index is 1.87. The van der Waals surface area contributed by atoms with E-state index in [9.17, 15) is 9.90 Å². The number of aliphatic hydroxyl groups is 1. The molecule has 1 aromatic carbocycles. The minimum absolute atomic E-state index is 0.0698. The molecule has 0 aliphatic carbocycles. The maximum Gasteiger partial charge on any atom is 0.289 e. The highest BCUT2D eigenvalue weighted by Crippen LogP contribution is 2.25. The van der Waals surface area contributed by atoms with Gasteiger partial charge in [-0.2, -0.15) is 0 Å². The summed E-state index contributed by atoms with van der Waals surface area (Å²) in [5.41, 5.74) is 3.12. The first kappa shape index (κ1) is 14.1. The van der Waals surface area contributed by atoms with Gasteiger partial charge in [-0.3, -0.25) is 4.79 Å². The van der Waals surface area contributed by atoms with Crippen LogP contribution >= 0.6 is 0 Å². The Labute approximate surface area is 124 Å². The molecule has 1 N–H and O–H groups in total. The number of amides is 1. The Morgan fingerprint density at radius 3 is 2.86 bits per heavy atom. The second-order valence-electron chi connectivity index (χ2n) is 6.03. The zero-order valence-electron chi connectivity index (χ0n) is 12.6. The minimum Gasteiger partial charge on any atom is -0.451 e. The summed E-state index contributed by atoms with van der Waals surface area (Å²) in [6.45, 7) is 5.59. The molecule has 3 rings (SSSR count). The molecule has 1 aliphatic heterocycles. The highest BCUT2D eigenvalue weighted by atomic mass is 16.3. The number of hydrogen-bond acceptors (Lipinski definition) is 3. The lowest BCUT2D eigenvalue weighted by Gasteiger charge is -2.31. The molecule has 1 amide bonds. The van der Waals surface area contributed by atoms with Gasteiger partial charge in [0.1, 0.15) is 5.58 Å². The highest BCUT2D eigenvalue weighted by Gasteiger charge is 2.26. The molecule has 1 aromatic heterocycles. The van der Waals surface area contributed by atoms with Crippen molar-refractivity contribution in [3.05, 3.63) is 35.1 Å². The summed E-state index contributed by atoms with van der Waals surface area (Å²) in [6.07, 6.45) is 1.92. The van der Waals surface area contributed by atoms with E-state index >= 15 is 0 Å². The first-order valence-electron chi connectivity index (χ1n) is 7.49. The number of aryl methyl sites for hydroxylation is 2. The van der Waals surface area contributed by atoms with Crippen LogP contribution in [0.2, 0.25) is 0 Å². The number of fused-ring (bicyclic) bond motifs is 1. The predicted molar refractivity (Wildman–Crippen MR) is 81.4 cm³/mol. The van der Waals surface area contributed by atoms with Gasteiger partial charge < -0.3 is 14.4 Å². The van der Waals surface area contributed by atoms with Gasteiger partial charge in [-0.25, -0.2) is 0 Å². The van der Waals surface area contributed by atoms with E-state index in [1.165, 1.54) is 5.56 Å². The number of likely N-dealkylation sites (tertiary alicyclic amines) is 1. The molecule has 112 valence electrons. The molecule has 1 saturated heterocycles. The number of carbonyl (C=O) groups excluding carboxylic acids is 1. The first-order chi connectivity index (χ1) is 10.1. The topological polar surface area (TPSA) is 53.7 Å². The number of benzene rings is 1. The SMILES string of the molecule is Cc1cc2cc(C(=O)N3CCCC(CO)C3)oc2cc1C. The summed E-state index contributed by atoms with van der Waals surface area (Å²) < 4.78 is 5.73. The Morgan fingerprint density at radius 2 is 2.10 bits per heavy atom. The smallest absolute Gasteiger partial charge is 0.289 e. The Morgan fingerprint density at radius 1 is 1.33 bits per heavy atom. The lowest BCUT2D eigenvalue weighted by molar-refractivity contribution is 0.0592. The third-order valence-electron chi connectivity index (χ3n) is 4.41. The molecule has 2 heterocycles. The molecule has 0 spiro atoms. The van der Waals surface area contributed by atoms with E-state index in [2.05, 4.69) is 13.0 Å². The number of furan rings is 1. The van der Waals surface area contributed by atoms with E-state index in [0.29, 0.717) is 12.3 Å². The standard InChI is InChI=1S/C17H21NO3/c1-11-6-14-8-16(21-15(14)7-12(11)2)17(20)18-5-3-4-13(9-18)10-19/h6-8,13,19H,3-5,9-10H2,1-2H3. The maximum absolute atomic E-state index is 12.6. The summed E-state index contributed by atoms with van der Waals surface area (Å²) in [4.78, 5) is 14.3. The van der Waals surface area contributed by atoms with Crippen molar-refractivity contribution in [1.82, 2.24) is 4.90 Å². The molecule has 4 nitrogen and oxygen atoms in total. The molecule has 4 heteroatoms. The van der Waals surface area contributed by atoms with Crippen LogP contribution in [0.5, 0.6) is 0 Å². The Kier molecular flexibility index (Phi) is 3.72. The summed E-state index contributed by atoms with van der Waals surface area (Å²) in [6, 6.07) is 5.86. The van der Waals surface area contributed by atoms with Gasteiger partial charge in [0.25, 0.3) is 5.91 Å². The second-order valence-corrected chi connectivity index (χ2v) is 6.03. The van der Waals surface area contributed by atoms with Crippen LogP contribution in [-0.4, -0.2) is 35.6 Å². The van der Waals surface area contributed by atoms with Crippen molar-refractivity contribution in [2.75, 3.05) is 19.7 Å². The second kappa shape index (κ2) is 5.53. The number of hydrogen-bond donors (Lipinski definition) is 1. The van der Waals surface area contributed by atoms with E-state index in [-0.39, 0.29) is 18.4 Å². The van der Waals surface area contributed by atoms with Gasteiger partial charge in [0.15, 0.2) is 5.76 Å². The molecule has 0 bridgehead atoms. The van der Waals surface area contributed by atoms with E-state index in [1.54, 1.807) is 4.90 Å². The summed E-state index contributed by atoms with van der Waals surface area (Å²) in [7, 11) is 0. The summed E-state index contributed by atoms with van der Waals surface area (Å²) in [5, 5.41) is 10.2. The van der Waals surface area contributed by atoms with Gasteiger partial charge >= 0.3 is 0 Å². The van der Waals surface area contributed by atoms with Gasteiger partial charge in [0.05, 0.1) is 0 Å². The van der Waals surface area contributed by atoms with Gasteiger partial charge in [0.2, 0.25) is 0 Å². The van der Waals surface area contributed by atoms with E-state index in [1.807, 2.05) is 19.1 Å². The maximum atomic E-state index is 12.6. The monoisotopic (exact) mass is 287 g/mol. The average molecular weight is 287 g/mol. The fraction of sp³-hybridized carbons (Fsp3) is 0.471. The molecular formula is C17H21NO3. The number of nitrogens with zero attached hydrogens (tertiary/aromatic N) is 1. The first-order valence-corrected chi connectivity index (χ1v) is 7.49. The molecule has 2 aromatic rings. The lowest BCUT2D eigenvalue weighted by atomic mass is 9.99. The molecule has 1 fully saturated rings. The van der Waals surface area contributed by atoms with Gasteiger partial charge in [-0.05, 0) is 61.9 Å². The van der Waals surface area contributed by atoms with E-state index in [4.69, 9.17) is 4.42 Å². The van der Waals surface area contributed by atoms with Gasteiger partial charge in [-0.1, -0.05) is 0 Å². The largest absolute Gasteiger partial charge is 0.451 e. The van der Waals surface area contributed by atoms with Crippen LogP contribution in [0.3, 0.4) is 0 Å². The number of rotatable bonds is 2. The van der Waals surface area contributed by atoms with Crippen molar-refractivity contribution in [2.24, 2.45) is 5.92 Å². The molecule has 0 saturated carbocycles. The third kappa shape index (κ3) is 2.68. The van der Waals surface area contributed by atoms with Crippen LogP contribution in [0, 0.1) is 19.8 Å². The van der Waals surface area contributed by atoms with E-state index < -0.39 is 0 Å². The molecule has 1 aliphatic rings. The van der Waals surface area contributed by atoms with Crippen LogP contribution in [0.25, 0.3) is 11.0 Å². The Bertz CT molecular complexity index is 635. The van der Waals surface area contributed by atoms with Crippen LogP contribution in [-0.2, 0) is 0 Å². The number of carbonyl (C=O) groups is 1. The minimum atomic E-state index is -0.0698. The third-order valence-corrected chi connectivity index (χ3v) is 4.41. The number of aliphatic hydroxyl groups excluding tert-OH is 1. The van der Waals surface area contributed by atoms with Crippen LogP contribution in [0.4, 0.5) is 0 Å². The van der Waals surface area contributed by atoms with Gasteiger partial charge in [-0.15, -0.1) is 0 Å². The normalized spacial score (nSPS) is 19.2. The predicted octanol–water partition coefficient (Wildman–Crippen LogP) is 2.89. The zero-order chi connectivity index (χ0) is 15.0. The molecule has 21 heavy (non-hydrogen) atoms. The fourth-order valence-electron chi connectivity index (χ4n) is 2.96. The molecule has 0 radical (unpaired) electrons. The van der Waals surface area contributed by atoms with Crippen LogP contribution in [0.1, 0.15) is 34.5 Å². The lowest BCUT2D eigenvalue weighted by Crippen LogP contribution is -2.40. The van der Waals surface area contributed by atoms with Crippen molar-refractivity contribution >= 4 is 16.9 Å². The highest BCUT2D eigenvalue weighted by molar-refractivity contribution is 5.96. The summed E-state index contributed by atoms with van der Waals surface area (Å²) in [5.74, 6) is 0.518. The quantitative estimate of drug-likeness (QED) is 0.924. The molecule has 1 unspecified atom stereocenters. The van der Waals surface area contributed by atoms with E-state index in [0.717, 1.165) is 35.9 Å². The van der Waals surface area contributed by atoms with Crippen molar-refractivity contribution in [2.45, 2.75) is 26.7 Å². The summed E-state index contributed by atoms with van der Waals surface area (Å²) >= 11 is 0. The Hall–Kier alpha value is -1.81. The molecule has 1 atom stereocenters.